The molecule has 0 bridgehead atoms. The molecule has 2 saturated heterocycles. The first-order valence-electron chi connectivity index (χ1n) is 9.95. The molecule has 152 valence electrons. The lowest BCUT2D eigenvalue weighted by Crippen LogP contribution is -2.50. The van der Waals surface area contributed by atoms with Gasteiger partial charge in [0.1, 0.15) is 18.4 Å². The summed E-state index contributed by atoms with van der Waals surface area (Å²) < 4.78 is 18.5. The van der Waals surface area contributed by atoms with Gasteiger partial charge in [0.05, 0.1) is 18.2 Å². The summed E-state index contributed by atoms with van der Waals surface area (Å²) in [6.07, 6.45) is 6.92. The molecule has 1 aliphatic carbocycles. The van der Waals surface area contributed by atoms with E-state index in [2.05, 4.69) is 10.1 Å². The Morgan fingerprint density at radius 1 is 1.14 bits per heavy atom. The van der Waals surface area contributed by atoms with Gasteiger partial charge in [-0.3, -0.25) is 0 Å². The number of likely N-dealkylation sites (tertiary alicyclic amines) is 1. The maximum absolute atomic E-state index is 11.7. The Morgan fingerprint density at radius 3 is 2.66 bits per heavy atom. The lowest BCUT2D eigenvalue weighted by Gasteiger charge is -2.34. The van der Waals surface area contributed by atoms with Gasteiger partial charge in [0, 0.05) is 13.1 Å². The van der Waals surface area contributed by atoms with Crippen molar-refractivity contribution in [3.8, 4) is 11.4 Å². The summed E-state index contributed by atoms with van der Waals surface area (Å²) >= 11 is 0. The average Bonchev–Trinajstić information content (AvgIpc) is 3.49. The molecule has 29 heavy (non-hydrogen) atoms. The standard InChI is InChI=1S/C20H22N4O5/c25-18-19(26)29-20(28-18)17-4-1-3-14(17)11-23(20)9-2-10-27-16-7-5-15(6-8-16)24-13-21-12-22-24/h5-8,12-14,17H,1-4,9-11H2. The van der Waals surface area contributed by atoms with Gasteiger partial charge in [-0.25, -0.2) is 24.2 Å². The van der Waals surface area contributed by atoms with Crippen LogP contribution < -0.4 is 4.74 Å². The first kappa shape index (κ1) is 18.1. The lowest BCUT2D eigenvalue weighted by molar-refractivity contribution is -0.256. The maximum atomic E-state index is 11.7. The van der Waals surface area contributed by atoms with Gasteiger partial charge in [-0.1, -0.05) is 6.42 Å². The van der Waals surface area contributed by atoms with E-state index in [0.717, 1.165) is 43.7 Å². The average molecular weight is 398 g/mol. The summed E-state index contributed by atoms with van der Waals surface area (Å²) in [5, 5.41) is 4.09. The summed E-state index contributed by atoms with van der Waals surface area (Å²) in [5.41, 5.74) is 0.908. The fourth-order valence-electron chi connectivity index (χ4n) is 4.76. The number of benzene rings is 1. The number of nitrogens with zero attached hydrogens (tertiary/aromatic N) is 4. The molecular weight excluding hydrogens is 376 g/mol. The zero-order chi connectivity index (χ0) is 19.8. The molecule has 0 amide bonds. The van der Waals surface area contributed by atoms with Crippen molar-refractivity contribution in [1.82, 2.24) is 19.7 Å². The molecule has 9 nitrogen and oxygen atoms in total. The summed E-state index contributed by atoms with van der Waals surface area (Å²) in [7, 11) is 0. The van der Waals surface area contributed by atoms with E-state index in [-0.39, 0.29) is 5.92 Å². The first-order chi connectivity index (χ1) is 14.2. The van der Waals surface area contributed by atoms with Crippen molar-refractivity contribution in [1.29, 1.82) is 0 Å². The second-order valence-electron chi connectivity index (χ2n) is 7.69. The van der Waals surface area contributed by atoms with E-state index in [9.17, 15) is 9.59 Å². The molecule has 0 radical (unpaired) electrons. The number of hydrogen-bond acceptors (Lipinski definition) is 8. The van der Waals surface area contributed by atoms with E-state index in [4.69, 9.17) is 14.2 Å². The Hall–Kier alpha value is -2.94. The van der Waals surface area contributed by atoms with Gasteiger partial charge in [-0.15, -0.1) is 0 Å². The fraction of sp³-hybridized carbons (Fsp3) is 0.500. The van der Waals surface area contributed by atoms with Crippen LogP contribution in [0, 0.1) is 11.8 Å². The summed E-state index contributed by atoms with van der Waals surface area (Å²) in [4.78, 5) is 29.4. The number of fused-ring (bicyclic) bond motifs is 2. The monoisotopic (exact) mass is 398 g/mol. The minimum atomic E-state index is -1.20. The highest BCUT2D eigenvalue weighted by atomic mass is 16.8. The zero-order valence-corrected chi connectivity index (χ0v) is 15.9. The van der Waals surface area contributed by atoms with Crippen LogP contribution in [0.15, 0.2) is 36.9 Å². The fourth-order valence-corrected chi connectivity index (χ4v) is 4.76. The van der Waals surface area contributed by atoms with Crippen molar-refractivity contribution in [2.45, 2.75) is 31.6 Å². The normalized spacial score (nSPS) is 25.2. The molecule has 2 unspecified atom stereocenters. The highest BCUT2D eigenvalue weighted by Crippen LogP contribution is 2.51. The van der Waals surface area contributed by atoms with Crippen LogP contribution in [-0.4, -0.2) is 57.2 Å². The second kappa shape index (κ2) is 7.14. The molecule has 1 saturated carbocycles. The molecule has 5 rings (SSSR count). The zero-order valence-electron chi connectivity index (χ0n) is 15.9. The highest BCUT2D eigenvalue weighted by molar-refractivity contribution is 6.31. The summed E-state index contributed by atoms with van der Waals surface area (Å²) in [6.45, 7) is 1.91. The van der Waals surface area contributed by atoms with Crippen LogP contribution in [0.2, 0.25) is 0 Å². The topological polar surface area (TPSA) is 95.8 Å². The minimum Gasteiger partial charge on any atom is -0.494 e. The van der Waals surface area contributed by atoms with E-state index in [0.29, 0.717) is 19.1 Å². The number of hydrogen-bond donors (Lipinski definition) is 0. The molecule has 9 heteroatoms. The lowest BCUT2D eigenvalue weighted by atomic mass is 9.97. The largest absolute Gasteiger partial charge is 0.494 e. The van der Waals surface area contributed by atoms with Crippen LogP contribution in [0.4, 0.5) is 0 Å². The third kappa shape index (κ3) is 3.15. The Morgan fingerprint density at radius 2 is 1.93 bits per heavy atom. The predicted molar refractivity (Wildman–Crippen MR) is 98.8 cm³/mol. The van der Waals surface area contributed by atoms with E-state index in [1.807, 2.05) is 29.2 Å². The number of carbonyl (C=O) groups is 2. The molecule has 2 aromatic rings. The van der Waals surface area contributed by atoms with Crippen LogP contribution in [-0.2, 0) is 19.1 Å². The van der Waals surface area contributed by atoms with E-state index in [1.54, 1.807) is 11.0 Å². The Labute approximate surface area is 167 Å². The van der Waals surface area contributed by atoms with Gasteiger partial charge >= 0.3 is 17.8 Å². The maximum Gasteiger partial charge on any atom is 0.421 e. The van der Waals surface area contributed by atoms with Gasteiger partial charge in [0.25, 0.3) is 0 Å². The third-order valence-electron chi connectivity index (χ3n) is 6.03. The molecule has 3 aliphatic rings. The summed E-state index contributed by atoms with van der Waals surface area (Å²) in [6, 6.07) is 7.61. The van der Waals surface area contributed by atoms with Crippen molar-refractivity contribution in [3.63, 3.8) is 0 Å². The Bertz CT molecular complexity index is 882. The van der Waals surface area contributed by atoms with Crippen LogP contribution >= 0.6 is 0 Å². The smallest absolute Gasteiger partial charge is 0.421 e. The molecule has 2 atom stereocenters. The van der Waals surface area contributed by atoms with Crippen LogP contribution in [0.5, 0.6) is 5.75 Å². The molecule has 3 fully saturated rings. The van der Waals surface area contributed by atoms with Crippen LogP contribution in [0.1, 0.15) is 25.7 Å². The molecule has 0 N–H and O–H groups in total. The number of aromatic nitrogens is 3. The molecule has 1 spiro atoms. The minimum absolute atomic E-state index is 0.0724. The number of ether oxygens (including phenoxy) is 3. The molecule has 3 heterocycles. The number of carbonyl (C=O) groups excluding carboxylic acids is 2. The number of esters is 2. The van der Waals surface area contributed by atoms with E-state index >= 15 is 0 Å². The van der Waals surface area contributed by atoms with Gasteiger partial charge in [-0.2, -0.15) is 5.10 Å². The molecular formula is C20H22N4O5. The van der Waals surface area contributed by atoms with Crippen molar-refractivity contribution in [3.05, 3.63) is 36.9 Å². The SMILES string of the molecule is O=C1OC2(OC1=O)C1CCCC1CN2CCCOc1ccc(-n2cncn2)cc1. The van der Waals surface area contributed by atoms with E-state index in [1.165, 1.54) is 6.33 Å². The van der Waals surface area contributed by atoms with Crippen molar-refractivity contribution in [2.75, 3.05) is 19.7 Å². The predicted octanol–water partition coefficient (Wildman–Crippen LogP) is 1.52. The van der Waals surface area contributed by atoms with Crippen LogP contribution in [0.3, 0.4) is 0 Å². The summed E-state index contributed by atoms with van der Waals surface area (Å²) in [5.74, 6) is -1.73. The third-order valence-corrected chi connectivity index (χ3v) is 6.03. The van der Waals surface area contributed by atoms with Gasteiger partial charge in [0.2, 0.25) is 0 Å². The van der Waals surface area contributed by atoms with Gasteiger partial charge < -0.3 is 14.2 Å². The quantitative estimate of drug-likeness (QED) is 0.411. The van der Waals surface area contributed by atoms with Gasteiger partial charge in [0.15, 0.2) is 0 Å². The molecule has 1 aromatic heterocycles. The highest BCUT2D eigenvalue weighted by Gasteiger charge is 2.65. The van der Waals surface area contributed by atoms with Crippen molar-refractivity contribution >= 4 is 11.9 Å². The van der Waals surface area contributed by atoms with E-state index < -0.39 is 17.8 Å². The first-order valence-corrected chi connectivity index (χ1v) is 9.95. The second-order valence-corrected chi connectivity index (χ2v) is 7.69. The van der Waals surface area contributed by atoms with Gasteiger partial charge in [-0.05, 0) is 49.4 Å². The van der Waals surface area contributed by atoms with Crippen molar-refractivity contribution in [2.24, 2.45) is 11.8 Å². The number of rotatable bonds is 6. The van der Waals surface area contributed by atoms with Crippen molar-refractivity contribution < 1.29 is 23.8 Å². The molecule has 1 aromatic carbocycles. The Balaban J connectivity index is 1.17. The Kier molecular flexibility index (Phi) is 4.46. The molecule has 2 aliphatic heterocycles. The van der Waals surface area contributed by atoms with Crippen LogP contribution in [0.25, 0.3) is 5.69 Å².